The number of nitrogens with zero attached hydrogens (tertiary/aromatic N) is 5. The summed E-state index contributed by atoms with van der Waals surface area (Å²) in [6.45, 7) is 0. The van der Waals surface area contributed by atoms with Crippen LogP contribution in [0.5, 0.6) is 0 Å². The number of benzene rings is 1. The molecule has 1 aromatic carbocycles. The van der Waals surface area contributed by atoms with E-state index < -0.39 is 5.91 Å². The molecule has 0 radical (unpaired) electrons. The topological polar surface area (TPSA) is 165 Å². The molecule has 4 heterocycles. The summed E-state index contributed by atoms with van der Waals surface area (Å²) in [5.41, 5.74) is 14.6. The highest BCUT2D eigenvalue weighted by atomic mass is 16.1. The highest BCUT2D eigenvalue weighted by Gasteiger charge is 2.13. The zero-order chi connectivity index (χ0) is 23.5. The quantitative estimate of drug-likeness (QED) is 0.245. The lowest BCUT2D eigenvalue weighted by molar-refractivity contribution is 0.0962. The van der Waals surface area contributed by atoms with Crippen molar-refractivity contribution in [2.75, 3.05) is 5.32 Å². The van der Waals surface area contributed by atoms with Gasteiger partial charge in [-0.1, -0.05) is 0 Å². The monoisotopic (exact) mass is 452 g/mol. The summed E-state index contributed by atoms with van der Waals surface area (Å²) in [7, 11) is 0. The molecule has 0 spiro atoms. The van der Waals surface area contributed by atoms with Gasteiger partial charge in [-0.05, 0) is 48.7 Å². The van der Waals surface area contributed by atoms with E-state index in [1.165, 1.54) is 18.5 Å². The van der Waals surface area contributed by atoms with E-state index in [9.17, 15) is 4.79 Å². The van der Waals surface area contributed by atoms with Crippen molar-refractivity contribution in [3.8, 4) is 11.4 Å². The number of imidazole rings is 1. The van der Waals surface area contributed by atoms with Gasteiger partial charge in [-0.25, -0.2) is 15.0 Å². The van der Waals surface area contributed by atoms with Crippen molar-refractivity contribution in [2.45, 2.75) is 0 Å². The molecule has 1 amide bonds. The number of carbonyl (C=O) groups is 1. The Balaban J connectivity index is 1.39. The first-order valence-electron chi connectivity index (χ1n) is 10.3. The van der Waals surface area contributed by atoms with E-state index in [-0.39, 0.29) is 5.69 Å². The molecular formula is C23H20N10O. The van der Waals surface area contributed by atoms with Gasteiger partial charge in [0.1, 0.15) is 17.2 Å². The molecule has 5 aromatic rings. The van der Waals surface area contributed by atoms with Crippen LogP contribution in [-0.4, -0.2) is 35.5 Å². The normalized spacial score (nSPS) is 11.9. The summed E-state index contributed by atoms with van der Waals surface area (Å²) < 4.78 is 1.74. The van der Waals surface area contributed by atoms with Crippen LogP contribution in [0.25, 0.3) is 27.9 Å². The minimum atomic E-state index is -0.405. The molecule has 0 aliphatic rings. The molecule has 4 aromatic heterocycles. The fraction of sp³-hybridized carbons (Fsp3) is 0. The Bertz CT molecular complexity index is 1560. The van der Waals surface area contributed by atoms with Gasteiger partial charge in [0.2, 0.25) is 0 Å². The van der Waals surface area contributed by atoms with Crippen LogP contribution in [0, 0.1) is 0 Å². The number of amides is 1. The van der Waals surface area contributed by atoms with Crippen molar-refractivity contribution in [3.63, 3.8) is 0 Å². The molecule has 0 bridgehead atoms. The maximum Gasteiger partial charge on any atom is 0.275 e. The minimum absolute atomic E-state index is 0.230. The zero-order valence-electron chi connectivity index (χ0n) is 17.8. The number of nitrogens with one attached hydrogen (secondary N) is 3. The number of aromatic nitrogens is 6. The van der Waals surface area contributed by atoms with Crippen molar-refractivity contribution in [1.29, 1.82) is 0 Å². The summed E-state index contributed by atoms with van der Waals surface area (Å²) >= 11 is 0. The summed E-state index contributed by atoms with van der Waals surface area (Å²) in [5, 5.41) is 13.9. The Labute approximate surface area is 193 Å². The molecule has 0 saturated heterocycles. The maximum atomic E-state index is 12.5. The number of anilines is 2. The molecule has 11 nitrogen and oxygen atoms in total. The van der Waals surface area contributed by atoms with Gasteiger partial charge in [0.25, 0.3) is 5.91 Å². The van der Waals surface area contributed by atoms with E-state index in [4.69, 9.17) is 11.5 Å². The molecule has 0 saturated carbocycles. The predicted molar refractivity (Wildman–Crippen MR) is 129 cm³/mol. The minimum Gasteiger partial charge on any atom is -0.405 e. The van der Waals surface area contributed by atoms with Gasteiger partial charge < -0.3 is 26.5 Å². The van der Waals surface area contributed by atoms with Crippen LogP contribution in [0.4, 0.5) is 11.5 Å². The molecule has 0 aliphatic heterocycles. The average Bonchev–Trinajstić information content (AvgIpc) is 3.50. The first-order chi connectivity index (χ1) is 16.6. The van der Waals surface area contributed by atoms with Crippen LogP contribution < -0.4 is 22.1 Å². The van der Waals surface area contributed by atoms with Crippen LogP contribution in [-0.2, 0) is 0 Å². The van der Waals surface area contributed by atoms with Crippen LogP contribution >= 0.6 is 0 Å². The van der Waals surface area contributed by atoms with E-state index >= 15 is 0 Å². The number of aromatic amines is 1. The average molecular weight is 452 g/mol. The number of allylic oxidation sites excluding steroid dienone is 1. The Morgan fingerprint density at radius 3 is 2.88 bits per heavy atom. The van der Waals surface area contributed by atoms with Crippen LogP contribution in [0.15, 0.2) is 85.4 Å². The smallest absolute Gasteiger partial charge is 0.275 e. The Morgan fingerprint density at radius 1 is 1.12 bits per heavy atom. The SMILES string of the molecule is N/C=C\C(=C/N)NC(=O)c1cn2ccc(-c3nccc(Nc4ccc5[nH]ncc5c4)n3)cc2n1. The summed E-state index contributed by atoms with van der Waals surface area (Å²) in [5.74, 6) is 0.759. The highest BCUT2D eigenvalue weighted by Crippen LogP contribution is 2.22. The number of fused-ring (bicyclic) bond motifs is 2. The second-order valence-electron chi connectivity index (χ2n) is 7.30. The molecule has 0 atom stereocenters. The number of pyridine rings is 1. The molecular weight excluding hydrogens is 432 g/mol. The van der Waals surface area contributed by atoms with Crippen molar-refractivity contribution < 1.29 is 4.79 Å². The van der Waals surface area contributed by atoms with Gasteiger partial charge in [0, 0.05) is 41.4 Å². The van der Waals surface area contributed by atoms with Gasteiger partial charge in [0.05, 0.1) is 17.4 Å². The molecule has 0 unspecified atom stereocenters. The predicted octanol–water partition coefficient (Wildman–Crippen LogP) is 2.41. The Hall–Kier alpha value is -5.19. The molecule has 5 rings (SSSR count). The molecule has 0 aliphatic carbocycles. The fourth-order valence-electron chi connectivity index (χ4n) is 3.40. The van der Waals surface area contributed by atoms with E-state index in [1.54, 1.807) is 35.3 Å². The van der Waals surface area contributed by atoms with Crippen LogP contribution in [0.2, 0.25) is 0 Å². The number of rotatable bonds is 6. The summed E-state index contributed by atoms with van der Waals surface area (Å²) in [6.07, 6.45) is 10.9. The van der Waals surface area contributed by atoms with Gasteiger partial charge in [0.15, 0.2) is 5.82 Å². The maximum absolute atomic E-state index is 12.5. The molecule has 11 heteroatoms. The molecule has 168 valence electrons. The Morgan fingerprint density at radius 2 is 2.03 bits per heavy atom. The van der Waals surface area contributed by atoms with Gasteiger partial charge in [-0.2, -0.15) is 5.10 Å². The van der Waals surface area contributed by atoms with Crippen molar-refractivity contribution in [2.24, 2.45) is 11.5 Å². The second-order valence-corrected chi connectivity index (χ2v) is 7.30. The lowest BCUT2D eigenvalue weighted by Crippen LogP contribution is -2.23. The molecule has 7 N–H and O–H groups in total. The summed E-state index contributed by atoms with van der Waals surface area (Å²) in [6, 6.07) is 11.3. The number of H-pyrrole nitrogens is 1. The van der Waals surface area contributed by atoms with Crippen molar-refractivity contribution >= 4 is 34.0 Å². The van der Waals surface area contributed by atoms with E-state index in [1.807, 2.05) is 30.3 Å². The van der Waals surface area contributed by atoms with Crippen molar-refractivity contribution in [3.05, 3.63) is 91.1 Å². The fourth-order valence-corrected chi connectivity index (χ4v) is 3.40. The number of carbonyl (C=O) groups excluding carboxylic acids is 1. The first kappa shape index (κ1) is 20.7. The summed E-state index contributed by atoms with van der Waals surface area (Å²) in [4.78, 5) is 25.9. The second kappa shape index (κ2) is 8.74. The lowest BCUT2D eigenvalue weighted by Gasteiger charge is -2.07. The van der Waals surface area contributed by atoms with Gasteiger partial charge >= 0.3 is 0 Å². The largest absolute Gasteiger partial charge is 0.405 e. The lowest BCUT2D eigenvalue weighted by atomic mass is 10.2. The highest BCUT2D eigenvalue weighted by molar-refractivity contribution is 5.94. The van der Waals surface area contributed by atoms with Gasteiger partial charge in [-0.3, -0.25) is 9.89 Å². The zero-order valence-corrected chi connectivity index (χ0v) is 17.8. The van der Waals surface area contributed by atoms with Crippen LogP contribution in [0.1, 0.15) is 10.5 Å². The van der Waals surface area contributed by atoms with Crippen molar-refractivity contribution in [1.82, 2.24) is 34.9 Å². The number of hydrogen-bond acceptors (Lipinski definition) is 8. The third-order valence-corrected chi connectivity index (χ3v) is 5.03. The Kier molecular flexibility index (Phi) is 5.32. The molecule has 0 fully saturated rings. The molecule has 34 heavy (non-hydrogen) atoms. The standard InChI is InChI=1S/C23H20N10O/c24-6-3-17(11-25)29-23(34)19-13-33-8-5-14(10-21(33)30-19)22-26-7-4-20(31-22)28-16-1-2-18-15(9-16)12-27-32-18/h1-13H,24-25H2,(H,27,32)(H,29,34)(H,26,28,31)/b6-3-,17-11+. The third kappa shape index (κ3) is 4.12. The number of nitrogens with two attached hydrogens (primary N) is 2. The first-order valence-corrected chi connectivity index (χ1v) is 10.3. The number of hydrogen-bond donors (Lipinski definition) is 5. The van der Waals surface area contributed by atoms with Gasteiger partial charge in [-0.15, -0.1) is 0 Å². The van der Waals surface area contributed by atoms with Crippen LogP contribution in [0.3, 0.4) is 0 Å². The van der Waals surface area contributed by atoms with E-state index in [2.05, 4.69) is 35.8 Å². The van der Waals surface area contributed by atoms with E-state index in [0.717, 1.165) is 22.2 Å². The third-order valence-electron chi connectivity index (χ3n) is 5.03. The van der Waals surface area contributed by atoms with E-state index in [0.29, 0.717) is 23.0 Å².